The molecule has 3 aromatic rings. The molecule has 0 aliphatic rings. The fourth-order valence-corrected chi connectivity index (χ4v) is 2.96. The number of hydrogen-bond acceptors (Lipinski definition) is 5. The number of carbonyl (C=O) groups is 1. The van der Waals surface area contributed by atoms with Crippen LogP contribution in [0.5, 0.6) is 0 Å². The van der Waals surface area contributed by atoms with Crippen molar-refractivity contribution in [1.82, 2.24) is 19.3 Å². The Bertz CT molecular complexity index is 1120. The highest BCUT2D eigenvalue weighted by Gasteiger charge is 2.31. The van der Waals surface area contributed by atoms with Gasteiger partial charge in [0.15, 0.2) is 11.9 Å². The number of hydrogen-bond donors (Lipinski definition) is 0. The fraction of sp³-hybridized carbons (Fsp3) is 0.263. The van der Waals surface area contributed by atoms with Crippen LogP contribution in [0.15, 0.2) is 47.5 Å². The minimum absolute atomic E-state index is 0.0447. The van der Waals surface area contributed by atoms with E-state index in [-0.39, 0.29) is 23.1 Å². The highest BCUT2D eigenvalue weighted by atomic mass is 35.5. The summed E-state index contributed by atoms with van der Waals surface area (Å²) in [5.41, 5.74) is -1.16. The van der Waals surface area contributed by atoms with Crippen LogP contribution in [0, 0.1) is 0 Å². The van der Waals surface area contributed by atoms with Crippen LogP contribution < -0.4 is 5.69 Å². The minimum atomic E-state index is -4.52. The van der Waals surface area contributed by atoms with E-state index in [0.717, 1.165) is 33.5 Å². The first-order valence-electron chi connectivity index (χ1n) is 8.80. The molecular weight excluding hydrogens is 425 g/mol. The van der Waals surface area contributed by atoms with E-state index in [0.29, 0.717) is 5.56 Å². The molecule has 1 atom stereocenters. The predicted octanol–water partition coefficient (Wildman–Crippen LogP) is 3.89. The maximum atomic E-state index is 13.1. The fourth-order valence-electron chi connectivity index (χ4n) is 2.76. The maximum absolute atomic E-state index is 13.1. The van der Waals surface area contributed by atoms with E-state index in [9.17, 15) is 22.8 Å². The first kappa shape index (κ1) is 21.6. The molecule has 0 N–H and O–H groups in total. The van der Waals surface area contributed by atoms with Crippen molar-refractivity contribution in [3.05, 3.63) is 63.8 Å². The molecule has 0 aliphatic heterocycles. The maximum Gasteiger partial charge on any atom is 0.416 e. The van der Waals surface area contributed by atoms with Gasteiger partial charge in [-0.2, -0.15) is 17.9 Å². The second-order valence-corrected chi connectivity index (χ2v) is 6.62. The van der Waals surface area contributed by atoms with E-state index in [1.165, 1.54) is 25.4 Å². The molecule has 11 heteroatoms. The Morgan fingerprint density at radius 1 is 1.23 bits per heavy atom. The number of rotatable bonds is 5. The smallest absolute Gasteiger partial charge is 0.416 e. The second-order valence-electron chi connectivity index (χ2n) is 6.21. The number of ether oxygens (including phenoxy) is 1. The molecule has 0 amide bonds. The summed E-state index contributed by atoms with van der Waals surface area (Å²) < 4.78 is 45.7. The number of esters is 1. The molecule has 0 saturated heterocycles. The van der Waals surface area contributed by atoms with Crippen LogP contribution in [-0.2, 0) is 15.7 Å². The molecule has 30 heavy (non-hydrogen) atoms. The van der Waals surface area contributed by atoms with Gasteiger partial charge in [0.25, 0.3) is 0 Å². The summed E-state index contributed by atoms with van der Waals surface area (Å²) in [4.78, 5) is 29.1. The van der Waals surface area contributed by atoms with E-state index in [4.69, 9.17) is 16.3 Å². The van der Waals surface area contributed by atoms with Crippen LogP contribution in [-0.4, -0.2) is 31.9 Å². The third kappa shape index (κ3) is 4.09. The molecule has 0 aliphatic carbocycles. The molecule has 1 aromatic carbocycles. The summed E-state index contributed by atoms with van der Waals surface area (Å²) in [5.74, 6) is -0.632. The lowest BCUT2D eigenvalue weighted by atomic mass is 10.2. The summed E-state index contributed by atoms with van der Waals surface area (Å²) in [7, 11) is 0. The van der Waals surface area contributed by atoms with Crippen molar-refractivity contribution in [1.29, 1.82) is 0 Å². The molecule has 1 unspecified atom stereocenters. The van der Waals surface area contributed by atoms with Gasteiger partial charge in [0.05, 0.1) is 22.9 Å². The topological polar surface area (TPSA) is 79.0 Å². The molecule has 0 saturated carbocycles. The summed E-state index contributed by atoms with van der Waals surface area (Å²) in [5, 5.41) is 4.40. The van der Waals surface area contributed by atoms with Gasteiger partial charge in [0, 0.05) is 18.0 Å². The summed E-state index contributed by atoms with van der Waals surface area (Å²) in [6, 6.07) is 4.43. The first-order valence-corrected chi connectivity index (χ1v) is 9.18. The van der Waals surface area contributed by atoms with Gasteiger partial charge < -0.3 is 4.74 Å². The Hall–Kier alpha value is -3.14. The monoisotopic (exact) mass is 440 g/mol. The van der Waals surface area contributed by atoms with Crippen molar-refractivity contribution in [2.24, 2.45) is 0 Å². The third-order valence-electron chi connectivity index (χ3n) is 4.26. The highest BCUT2D eigenvalue weighted by molar-refractivity contribution is 6.33. The number of halogens is 4. The number of aromatic nitrogens is 4. The molecule has 7 nitrogen and oxygen atoms in total. The summed E-state index contributed by atoms with van der Waals surface area (Å²) in [6.07, 6.45) is -1.76. The van der Waals surface area contributed by atoms with Gasteiger partial charge in [-0.15, -0.1) is 5.10 Å². The standard InChI is InChI=1S/C19H16ClF3N4O3/c1-3-30-17(28)11(2)27-18(29)26(13-6-4-12(5-7-13)19(21,22)23)16(25-27)14-8-9-24-10-15(14)20/h4-11H,3H2,1-2H3. The van der Waals surface area contributed by atoms with E-state index in [2.05, 4.69) is 10.1 Å². The van der Waals surface area contributed by atoms with Gasteiger partial charge in [0.2, 0.25) is 0 Å². The highest BCUT2D eigenvalue weighted by Crippen LogP contribution is 2.31. The lowest BCUT2D eigenvalue weighted by Gasteiger charge is -2.10. The predicted molar refractivity (Wildman–Crippen MR) is 102 cm³/mol. The lowest BCUT2D eigenvalue weighted by Crippen LogP contribution is -2.31. The van der Waals surface area contributed by atoms with Gasteiger partial charge in [-0.05, 0) is 44.2 Å². The second kappa shape index (κ2) is 8.31. The molecule has 2 heterocycles. The van der Waals surface area contributed by atoms with Gasteiger partial charge in [-0.3, -0.25) is 4.98 Å². The Labute approximate surface area is 173 Å². The summed E-state index contributed by atoms with van der Waals surface area (Å²) in [6.45, 7) is 3.17. The molecule has 3 rings (SSSR count). The van der Waals surface area contributed by atoms with Crippen molar-refractivity contribution in [2.45, 2.75) is 26.1 Å². The van der Waals surface area contributed by atoms with Crippen LogP contribution >= 0.6 is 11.6 Å². The van der Waals surface area contributed by atoms with E-state index in [1.807, 2.05) is 0 Å². The number of benzene rings is 1. The van der Waals surface area contributed by atoms with Crippen LogP contribution in [0.1, 0.15) is 25.5 Å². The van der Waals surface area contributed by atoms with E-state index < -0.39 is 29.4 Å². The number of nitrogens with zero attached hydrogens (tertiary/aromatic N) is 4. The third-order valence-corrected chi connectivity index (χ3v) is 4.56. The van der Waals surface area contributed by atoms with Gasteiger partial charge >= 0.3 is 17.8 Å². The number of carbonyl (C=O) groups excluding carboxylic acids is 1. The van der Waals surface area contributed by atoms with Crippen molar-refractivity contribution in [2.75, 3.05) is 6.61 Å². The molecule has 2 aromatic heterocycles. The number of pyridine rings is 1. The lowest BCUT2D eigenvalue weighted by molar-refractivity contribution is -0.147. The van der Waals surface area contributed by atoms with Crippen molar-refractivity contribution >= 4 is 17.6 Å². The Morgan fingerprint density at radius 2 is 1.90 bits per heavy atom. The Morgan fingerprint density at radius 3 is 2.47 bits per heavy atom. The zero-order chi connectivity index (χ0) is 22.1. The molecule has 0 fully saturated rings. The van der Waals surface area contributed by atoms with Crippen LogP contribution in [0.3, 0.4) is 0 Å². The minimum Gasteiger partial charge on any atom is -0.464 e. The first-order chi connectivity index (χ1) is 14.1. The van der Waals surface area contributed by atoms with E-state index >= 15 is 0 Å². The number of alkyl halides is 3. The molecule has 0 bridgehead atoms. The van der Waals surface area contributed by atoms with E-state index in [1.54, 1.807) is 6.92 Å². The van der Waals surface area contributed by atoms with Crippen LogP contribution in [0.2, 0.25) is 5.02 Å². The SMILES string of the molecule is CCOC(=O)C(C)n1nc(-c2ccncc2Cl)n(-c2ccc(C(F)(F)F)cc2)c1=O. The molecule has 158 valence electrons. The summed E-state index contributed by atoms with van der Waals surface area (Å²) >= 11 is 6.19. The normalized spacial score (nSPS) is 12.6. The Kier molecular flexibility index (Phi) is 5.97. The average Bonchev–Trinajstić information content (AvgIpc) is 3.04. The van der Waals surface area contributed by atoms with Crippen molar-refractivity contribution in [3.8, 4) is 17.1 Å². The molecular formula is C19H16ClF3N4O3. The average molecular weight is 441 g/mol. The zero-order valence-corrected chi connectivity index (χ0v) is 16.6. The van der Waals surface area contributed by atoms with Crippen LogP contribution in [0.4, 0.5) is 13.2 Å². The largest absolute Gasteiger partial charge is 0.464 e. The van der Waals surface area contributed by atoms with Gasteiger partial charge in [0.1, 0.15) is 0 Å². The van der Waals surface area contributed by atoms with Crippen LogP contribution in [0.25, 0.3) is 17.1 Å². The quantitative estimate of drug-likeness (QED) is 0.562. The van der Waals surface area contributed by atoms with Crippen molar-refractivity contribution < 1.29 is 22.7 Å². The molecule has 0 spiro atoms. The Balaban J connectivity index is 2.21. The van der Waals surface area contributed by atoms with Crippen molar-refractivity contribution in [3.63, 3.8) is 0 Å². The molecule has 0 radical (unpaired) electrons. The zero-order valence-electron chi connectivity index (χ0n) is 15.9. The van der Waals surface area contributed by atoms with Gasteiger partial charge in [-0.25, -0.2) is 14.2 Å². The van der Waals surface area contributed by atoms with Gasteiger partial charge in [-0.1, -0.05) is 11.6 Å².